The Kier molecular flexibility index (Phi) is 5.79. The van der Waals surface area contributed by atoms with Crippen molar-refractivity contribution in [2.75, 3.05) is 26.7 Å². The van der Waals surface area contributed by atoms with Gasteiger partial charge in [0.05, 0.1) is 20.1 Å². The number of nitrogens with one attached hydrogen (secondary N) is 1. The Labute approximate surface area is 115 Å². The molecule has 116 valence electrons. The third-order valence-electron chi connectivity index (χ3n) is 3.26. The molecule has 2 unspecified atom stereocenters. The second kappa shape index (κ2) is 6.92. The molecule has 1 N–H and O–H groups in total. The summed E-state index contributed by atoms with van der Waals surface area (Å²) in [6, 6.07) is -0.469. The van der Waals surface area contributed by atoms with E-state index in [4.69, 9.17) is 0 Å². The number of hydrogen-bond acceptors (Lipinski definition) is 4. The summed E-state index contributed by atoms with van der Waals surface area (Å²) in [7, 11) is 1.26. The highest BCUT2D eigenvalue weighted by molar-refractivity contribution is 5.74. The van der Waals surface area contributed by atoms with Crippen LogP contribution in [0.2, 0.25) is 0 Å². The zero-order chi connectivity index (χ0) is 15.3. The smallest absolute Gasteiger partial charge is 0.401 e. The summed E-state index contributed by atoms with van der Waals surface area (Å²) >= 11 is 0. The minimum absolute atomic E-state index is 0.102. The van der Waals surface area contributed by atoms with Gasteiger partial charge in [-0.1, -0.05) is 0 Å². The van der Waals surface area contributed by atoms with Gasteiger partial charge in [-0.15, -0.1) is 0 Å². The third-order valence-corrected chi connectivity index (χ3v) is 3.26. The van der Waals surface area contributed by atoms with Crippen LogP contribution in [0.5, 0.6) is 0 Å². The first-order valence-electron chi connectivity index (χ1n) is 6.33. The first kappa shape index (κ1) is 16.7. The van der Waals surface area contributed by atoms with Crippen LogP contribution >= 0.6 is 0 Å². The van der Waals surface area contributed by atoms with Gasteiger partial charge < -0.3 is 15.0 Å². The van der Waals surface area contributed by atoms with Gasteiger partial charge in [-0.3, -0.25) is 9.59 Å². The number of hydrogen-bond donors (Lipinski definition) is 1. The van der Waals surface area contributed by atoms with Crippen LogP contribution in [0.25, 0.3) is 0 Å². The number of carbonyl (C=O) groups excluding carboxylic acids is 2. The normalized spacial score (nSPS) is 23.6. The first-order chi connectivity index (χ1) is 9.21. The van der Waals surface area contributed by atoms with E-state index in [-0.39, 0.29) is 24.8 Å². The second-order valence-corrected chi connectivity index (χ2v) is 5.00. The van der Waals surface area contributed by atoms with Gasteiger partial charge in [0.15, 0.2) is 0 Å². The van der Waals surface area contributed by atoms with E-state index in [1.54, 1.807) is 0 Å². The van der Waals surface area contributed by atoms with Crippen LogP contribution in [0, 0.1) is 5.92 Å². The van der Waals surface area contributed by atoms with Crippen LogP contribution < -0.4 is 5.32 Å². The Bertz CT molecular complexity index is 360. The molecule has 1 saturated heterocycles. The van der Waals surface area contributed by atoms with E-state index in [9.17, 15) is 22.8 Å². The number of likely N-dealkylation sites (tertiary alicyclic amines) is 1. The molecule has 20 heavy (non-hydrogen) atoms. The molecule has 0 aromatic heterocycles. The van der Waals surface area contributed by atoms with Crippen molar-refractivity contribution in [3.8, 4) is 0 Å². The van der Waals surface area contributed by atoms with Crippen LogP contribution in [0.15, 0.2) is 0 Å². The van der Waals surface area contributed by atoms with E-state index in [1.807, 2.05) is 0 Å². The molecule has 5 nitrogen and oxygen atoms in total. The number of esters is 1. The molecule has 1 amide bonds. The van der Waals surface area contributed by atoms with Crippen LogP contribution in [-0.2, 0) is 14.3 Å². The number of nitrogens with zero attached hydrogens (tertiary/aromatic N) is 1. The third kappa shape index (κ3) is 5.77. The fourth-order valence-electron chi connectivity index (χ4n) is 2.34. The van der Waals surface area contributed by atoms with Crippen LogP contribution in [0.3, 0.4) is 0 Å². The Balaban J connectivity index is 2.60. The summed E-state index contributed by atoms with van der Waals surface area (Å²) in [5.41, 5.74) is 0. The van der Waals surface area contributed by atoms with Gasteiger partial charge in [0, 0.05) is 26.1 Å². The topological polar surface area (TPSA) is 58.6 Å². The maximum atomic E-state index is 12.2. The van der Waals surface area contributed by atoms with Crippen molar-refractivity contribution in [1.82, 2.24) is 10.2 Å². The molecule has 0 spiro atoms. The van der Waals surface area contributed by atoms with E-state index < -0.39 is 24.7 Å². The van der Waals surface area contributed by atoms with Gasteiger partial charge in [-0.05, 0) is 12.3 Å². The van der Waals surface area contributed by atoms with E-state index in [0.29, 0.717) is 13.0 Å². The molecule has 0 bridgehead atoms. The minimum atomic E-state index is -4.30. The Morgan fingerprint density at radius 2 is 2.00 bits per heavy atom. The summed E-state index contributed by atoms with van der Waals surface area (Å²) in [6.45, 7) is 0.855. The molecule has 0 aliphatic carbocycles. The molecule has 0 saturated carbocycles. The predicted octanol–water partition coefficient (Wildman–Crippen LogP) is 0.938. The largest absolute Gasteiger partial charge is 0.469 e. The maximum Gasteiger partial charge on any atom is 0.401 e. The number of piperidine rings is 1. The van der Waals surface area contributed by atoms with Crippen LogP contribution in [0.4, 0.5) is 13.2 Å². The van der Waals surface area contributed by atoms with Crippen LogP contribution in [-0.4, -0.2) is 55.7 Å². The molecule has 1 heterocycles. The molecule has 1 aliphatic heterocycles. The van der Waals surface area contributed by atoms with Crippen molar-refractivity contribution in [3.05, 3.63) is 0 Å². The zero-order valence-electron chi connectivity index (χ0n) is 11.5. The fourth-order valence-corrected chi connectivity index (χ4v) is 2.34. The lowest BCUT2D eigenvalue weighted by Gasteiger charge is -2.37. The Morgan fingerprint density at radius 1 is 1.35 bits per heavy atom. The van der Waals surface area contributed by atoms with Crippen molar-refractivity contribution in [2.45, 2.75) is 32.0 Å². The molecular formula is C12H19F3N2O3. The lowest BCUT2D eigenvalue weighted by atomic mass is 9.91. The number of rotatable bonds is 4. The number of ether oxygens (including phenoxy) is 1. The van der Waals surface area contributed by atoms with E-state index >= 15 is 0 Å². The Morgan fingerprint density at radius 3 is 2.50 bits per heavy atom. The molecule has 0 aromatic carbocycles. The van der Waals surface area contributed by atoms with Crippen molar-refractivity contribution >= 4 is 11.9 Å². The number of amides is 1. The average molecular weight is 296 g/mol. The van der Waals surface area contributed by atoms with E-state index in [0.717, 1.165) is 0 Å². The molecule has 0 radical (unpaired) electrons. The van der Waals surface area contributed by atoms with Gasteiger partial charge in [-0.25, -0.2) is 0 Å². The number of methoxy groups -OCH3 is 1. The number of halogens is 3. The number of carbonyl (C=O) groups is 2. The minimum Gasteiger partial charge on any atom is -0.469 e. The molecule has 1 rings (SSSR count). The van der Waals surface area contributed by atoms with E-state index in [2.05, 4.69) is 10.1 Å². The maximum absolute atomic E-state index is 12.2. The number of alkyl halides is 3. The highest BCUT2D eigenvalue weighted by Crippen LogP contribution is 2.22. The van der Waals surface area contributed by atoms with Crippen molar-refractivity contribution in [1.29, 1.82) is 0 Å². The van der Waals surface area contributed by atoms with E-state index in [1.165, 1.54) is 18.9 Å². The van der Waals surface area contributed by atoms with Gasteiger partial charge in [0.2, 0.25) is 5.91 Å². The lowest BCUT2D eigenvalue weighted by molar-refractivity contribution is -0.144. The summed E-state index contributed by atoms with van der Waals surface area (Å²) in [5.74, 6) is -0.820. The average Bonchev–Trinajstić information content (AvgIpc) is 2.35. The van der Waals surface area contributed by atoms with Crippen molar-refractivity contribution < 1.29 is 27.5 Å². The SMILES string of the molecule is COC(=O)CC1CC(NCC(F)(F)F)CN(C(C)=O)C1. The van der Waals surface area contributed by atoms with Crippen molar-refractivity contribution in [3.63, 3.8) is 0 Å². The van der Waals surface area contributed by atoms with Gasteiger partial charge in [0.25, 0.3) is 0 Å². The molecule has 1 aliphatic rings. The second-order valence-electron chi connectivity index (χ2n) is 5.00. The fraction of sp³-hybridized carbons (Fsp3) is 0.833. The molecule has 1 fully saturated rings. The molecule has 8 heteroatoms. The highest BCUT2D eigenvalue weighted by atomic mass is 19.4. The Hall–Kier alpha value is -1.31. The van der Waals surface area contributed by atoms with Crippen molar-refractivity contribution in [2.24, 2.45) is 5.92 Å². The quantitative estimate of drug-likeness (QED) is 0.784. The molecular weight excluding hydrogens is 277 g/mol. The summed E-state index contributed by atoms with van der Waals surface area (Å²) in [4.78, 5) is 24.1. The standard InChI is InChI=1S/C12H19F3N2O3/c1-8(18)17-5-9(4-11(19)20-2)3-10(6-17)16-7-12(13,14)15/h9-10,16H,3-7H2,1-2H3. The first-order valence-corrected chi connectivity index (χ1v) is 6.33. The molecule has 2 atom stereocenters. The summed E-state index contributed by atoms with van der Waals surface area (Å²) < 4.78 is 41.2. The highest BCUT2D eigenvalue weighted by Gasteiger charge is 2.33. The van der Waals surface area contributed by atoms with Gasteiger partial charge in [0.1, 0.15) is 0 Å². The van der Waals surface area contributed by atoms with Gasteiger partial charge in [-0.2, -0.15) is 13.2 Å². The van der Waals surface area contributed by atoms with Crippen LogP contribution in [0.1, 0.15) is 19.8 Å². The lowest BCUT2D eigenvalue weighted by Crippen LogP contribution is -2.52. The zero-order valence-corrected chi connectivity index (χ0v) is 11.5. The summed E-state index contributed by atoms with van der Waals surface area (Å²) in [6.07, 6.45) is -3.78. The monoisotopic (exact) mass is 296 g/mol. The predicted molar refractivity (Wildman–Crippen MR) is 64.8 cm³/mol. The summed E-state index contributed by atoms with van der Waals surface area (Å²) in [5, 5.41) is 2.40. The van der Waals surface area contributed by atoms with Gasteiger partial charge >= 0.3 is 12.1 Å². The molecule has 0 aromatic rings.